The van der Waals surface area contributed by atoms with Crippen molar-refractivity contribution in [2.24, 2.45) is 0 Å². The molecule has 1 heterocycles. The van der Waals surface area contributed by atoms with Gasteiger partial charge >= 0.3 is 11.9 Å². The maximum atomic E-state index is 10.4. The zero-order valence-corrected chi connectivity index (χ0v) is 5.77. The van der Waals surface area contributed by atoms with E-state index >= 15 is 0 Å². The summed E-state index contributed by atoms with van der Waals surface area (Å²) in [5.74, 6) is -1.51. The minimum atomic E-state index is -0.785. The fraction of sp³-hybridized carbons (Fsp3) is 0. The molecule has 0 bridgehead atoms. The molecule has 3 nitrogen and oxygen atoms in total. The van der Waals surface area contributed by atoms with Gasteiger partial charge in [-0.05, 0) is 15.9 Å². The van der Waals surface area contributed by atoms with Crippen LogP contribution in [0.3, 0.4) is 0 Å². The lowest BCUT2D eigenvalue weighted by Crippen LogP contribution is -2.01. The van der Waals surface area contributed by atoms with Crippen molar-refractivity contribution >= 4 is 35.7 Å². The third-order valence-electron chi connectivity index (χ3n) is 0.821. The van der Waals surface area contributed by atoms with Crippen LogP contribution in [0.2, 0.25) is 0 Å². The lowest BCUT2D eigenvalue weighted by atomic mass is 9.97. The van der Waals surface area contributed by atoms with Gasteiger partial charge in [-0.25, -0.2) is 9.59 Å². The van der Waals surface area contributed by atoms with Crippen LogP contribution >= 0.6 is 15.9 Å². The molecule has 0 saturated carbocycles. The van der Waals surface area contributed by atoms with E-state index in [-0.39, 0.29) is 9.95 Å². The first-order valence-electron chi connectivity index (χ1n) is 2.04. The second kappa shape index (κ2) is 1.99. The summed E-state index contributed by atoms with van der Waals surface area (Å²) in [6.07, 6.45) is 0. The number of rotatable bonds is 0. The molecule has 1 aliphatic rings. The summed E-state index contributed by atoms with van der Waals surface area (Å²) in [5, 5.41) is 0. The van der Waals surface area contributed by atoms with Crippen molar-refractivity contribution in [3.05, 3.63) is 9.95 Å². The van der Waals surface area contributed by atoms with Crippen LogP contribution in [0.4, 0.5) is 0 Å². The Kier molecular flexibility index (Phi) is 1.44. The van der Waals surface area contributed by atoms with Crippen LogP contribution < -0.4 is 0 Å². The van der Waals surface area contributed by atoms with Crippen molar-refractivity contribution in [1.82, 2.24) is 0 Å². The van der Waals surface area contributed by atoms with Crippen molar-refractivity contribution in [2.45, 2.75) is 0 Å². The molecule has 0 atom stereocenters. The predicted octanol–water partition coefficient (Wildman–Crippen LogP) is -0.155. The molecule has 0 unspecified atom stereocenters. The third-order valence-corrected chi connectivity index (χ3v) is 1.57. The van der Waals surface area contributed by atoms with Gasteiger partial charge in [0.05, 0.1) is 0 Å². The summed E-state index contributed by atoms with van der Waals surface area (Å²) in [7, 11) is 5.05. The second-order valence-corrected chi connectivity index (χ2v) is 2.20. The van der Waals surface area contributed by atoms with Crippen molar-refractivity contribution in [3.8, 4) is 0 Å². The van der Waals surface area contributed by atoms with E-state index in [0.29, 0.717) is 0 Å². The molecule has 0 amide bonds. The Balaban J connectivity index is 3.06. The minimum Gasteiger partial charge on any atom is -0.386 e. The van der Waals surface area contributed by atoms with Crippen molar-refractivity contribution in [3.63, 3.8) is 0 Å². The van der Waals surface area contributed by atoms with Crippen LogP contribution in [0.25, 0.3) is 0 Å². The van der Waals surface area contributed by atoms with Crippen LogP contribution in [-0.4, -0.2) is 19.8 Å². The molecule has 0 aromatic heterocycles. The maximum absolute atomic E-state index is 10.4. The van der Waals surface area contributed by atoms with Crippen LogP contribution in [0, 0.1) is 0 Å². The van der Waals surface area contributed by atoms with Crippen LogP contribution in [0.15, 0.2) is 9.95 Å². The van der Waals surface area contributed by atoms with E-state index in [1.807, 2.05) is 0 Å². The van der Waals surface area contributed by atoms with Crippen molar-refractivity contribution in [2.75, 3.05) is 0 Å². The average molecular weight is 187 g/mol. The Labute approximate surface area is 60.6 Å². The number of carbonyl (C=O) groups is 2. The molecule has 9 heavy (non-hydrogen) atoms. The highest BCUT2D eigenvalue weighted by Crippen LogP contribution is 2.19. The highest BCUT2D eigenvalue weighted by molar-refractivity contribution is 9.12. The molecule has 0 spiro atoms. The molecule has 1 rings (SSSR count). The number of hydrogen-bond donors (Lipinski definition) is 0. The van der Waals surface area contributed by atoms with Gasteiger partial charge in [0.25, 0.3) is 0 Å². The standard InChI is InChI=1S/C4BBrO3/c5-1-2(6)4(8)9-3(1)7. The number of ether oxygens (including phenoxy) is 1. The summed E-state index contributed by atoms with van der Waals surface area (Å²) < 4.78 is 4.07. The number of cyclic esters (lactones) is 2. The number of carbonyl (C=O) groups excluding carboxylic acids is 2. The van der Waals surface area contributed by atoms with Gasteiger partial charge in [-0.2, -0.15) is 0 Å². The summed E-state index contributed by atoms with van der Waals surface area (Å²) in [6.45, 7) is 0. The van der Waals surface area contributed by atoms with Gasteiger partial charge in [0.1, 0.15) is 12.3 Å². The number of esters is 2. The van der Waals surface area contributed by atoms with E-state index in [0.717, 1.165) is 0 Å². The maximum Gasteiger partial charge on any atom is 0.352 e. The Morgan fingerprint density at radius 1 is 1.33 bits per heavy atom. The highest BCUT2D eigenvalue weighted by Gasteiger charge is 2.26. The molecule has 44 valence electrons. The Bertz CT molecular complexity index is 198. The molecule has 0 aromatic rings. The summed E-state index contributed by atoms with van der Waals surface area (Å²) in [4.78, 5) is 20.7. The van der Waals surface area contributed by atoms with Crippen molar-refractivity contribution < 1.29 is 14.3 Å². The molecular formula is C4BBrO3. The van der Waals surface area contributed by atoms with Gasteiger partial charge in [-0.15, -0.1) is 0 Å². The SMILES string of the molecule is [B]C1=C(Br)C(=O)OC1=O. The quantitative estimate of drug-likeness (QED) is 0.300. The van der Waals surface area contributed by atoms with E-state index in [1.165, 1.54) is 0 Å². The fourth-order valence-electron chi connectivity index (χ4n) is 0.384. The van der Waals surface area contributed by atoms with E-state index in [4.69, 9.17) is 7.85 Å². The lowest BCUT2D eigenvalue weighted by molar-refractivity contribution is -0.150. The summed E-state index contributed by atoms with van der Waals surface area (Å²) in [5.41, 5.74) is -0.167. The largest absolute Gasteiger partial charge is 0.386 e. The van der Waals surface area contributed by atoms with Gasteiger partial charge < -0.3 is 4.74 Å². The molecule has 0 aromatic carbocycles. The molecule has 0 aliphatic carbocycles. The van der Waals surface area contributed by atoms with Gasteiger partial charge in [-0.3, -0.25) is 0 Å². The molecule has 0 fully saturated rings. The monoisotopic (exact) mass is 186 g/mol. The average Bonchev–Trinajstić information content (AvgIpc) is 1.98. The molecule has 5 heteroatoms. The van der Waals surface area contributed by atoms with Crippen LogP contribution in [0.1, 0.15) is 0 Å². The number of halogens is 1. The molecule has 2 radical (unpaired) electrons. The van der Waals surface area contributed by atoms with Crippen LogP contribution in [-0.2, 0) is 14.3 Å². The predicted molar refractivity (Wildman–Crippen MR) is 32.8 cm³/mol. The van der Waals surface area contributed by atoms with Gasteiger partial charge in [0, 0.05) is 5.47 Å². The first kappa shape index (κ1) is 6.54. The zero-order valence-electron chi connectivity index (χ0n) is 4.18. The number of hydrogen-bond acceptors (Lipinski definition) is 3. The van der Waals surface area contributed by atoms with E-state index < -0.39 is 11.9 Å². The third kappa shape index (κ3) is 0.918. The highest BCUT2D eigenvalue weighted by atomic mass is 79.9. The smallest absolute Gasteiger partial charge is 0.352 e. The van der Waals surface area contributed by atoms with Crippen LogP contribution in [0.5, 0.6) is 0 Å². The first-order valence-corrected chi connectivity index (χ1v) is 2.84. The second-order valence-electron chi connectivity index (χ2n) is 1.40. The Morgan fingerprint density at radius 2 is 1.89 bits per heavy atom. The lowest BCUT2D eigenvalue weighted by Gasteiger charge is -1.84. The van der Waals surface area contributed by atoms with Gasteiger partial charge in [0.15, 0.2) is 0 Å². The first-order chi connectivity index (χ1) is 4.13. The van der Waals surface area contributed by atoms with E-state index in [9.17, 15) is 9.59 Å². The zero-order chi connectivity index (χ0) is 7.02. The summed E-state index contributed by atoms with van der Waals surface area (Å²) >= 11 is 2.77. The topological polar surface area (TPSA) is 43.4 Å². The fourth-order valence-corrected chi connectivity index (χ4v) is 0.626. The Morgan fingerprint density at radius 3 is 2.00 bits per heavy atom. The van der Waals surface area contributed by atoms with Gasteiger partial charge in [-0.1, -0.05) is 0 Å². The molecule has 1 aliphatic heterocycles. The Hall–Kier alpha value is -0.575. The van der Waals surface area contributed by atoms with Crippen molar-refractivity contribution in [1.29, 1.82) is 0 Å². The molecule has 0 N–H and O–H groups in total. The summed E-state index contributed by atoms with van der Waals surface area (Å²) in [6, 6.07) is 0. The minimum absolute atomic E-state index is 0.00694. The van der Waals surface area contributed by atoms with E-state index in [2.05, 4.69) is 20.7 Å². The normalized spacial score (nSPS) is 18.8. The molecule has 0 saturated heterocycles. The van der Waals surface area contributed by atoms with E-state index in [1.54, 1.807) is 0 Å². The molecular weight excluding hydrogens is 187 g/mol. The van der Waals surface area contributed by atoms with Gasteiger partial charge in [0.2, 0.25) is 0 Å².